The summed E-state index contributed by atoms with van der Waals surface area (Å²) < 4.78 is 0. The van der Waals surface area contributed by atoms with Gasteiger partial charge in [-0.3, -0.25) is 4.90 Å². The number of hydrogen-bond donors (Lipinski definition) is 1. The lowest BCUT2D eigenvalue weighted by molar-refractivity contribution is 0.307. The minimum absolute atomic E-state index is 0.238. The standard InChI is InChI=1S/C14H25N3S/c1-11-15-8-13(18-11)10-17-6-5-12(9-17)7-16-14(2,3)4/h8,12,16H,5-7,9-10H2,1-4H3. The summed E-state index contributed by atoms with van der Waals surface area (Å²) >= 11 is 1.83. The molecule has 2 heterocycles. The fourth-order valence-corrected chi connectivity index (χ4v) is 3.21. The van der Waals surface area contributed by atoms with Crippen LogP contribution in [-0.4, -0.2) is 35.1 Å². The molecule has 1 aliphatic rings. The predicted octanol–water partition coefficient (Wildman–Crippen LogP) is 2.66. The monoisotopic (exact) mass is 267 g/mol. The van der Waals surface area contributed by atoms with Crippen LogP contribution < -0.4 is 5.32 Å². The number of aromatic nitrogens is 1. The molecule has 1 aromatic heterocycles. The molecule has 18 heavy (non-hydrogen) atoms. The van der Waals surface area contributed by atoms with E-state index in [2.05, 4.69) is 42.9 Å². The van der Waals surface area contributed by atoms with Gasteiger partial charge in [0, 0.05) is 29.7 Å². The Bertz CT molecular complexity index is 381. The first-order chi connectivity index (χ1) is 8.42. The molecule has 1 atom stereocenters. The molecule has 2 rings (SSSR count). The second-order valence-electron chi connectivity index (χ2n) is 6.37. The molecule has 0 radical (unpaired) electrons. The molecule has 1 N–H and O–H groups in total. The lowest BCUT2D eigenvalue weighted by Gasteiger charge is -2.23. The Morgan fingerprint density at radius 1 is 1.50 bits per heavy atom. The van der Waals surface area contributed by atoms with Crippen LogP contribution in [-0.2, 0) is 6.54 Å². The highest BCUT2D eigenvalue weighted by Crippen LogP contribution is 2.21. The second-order valence-corrected chi connectivity index (χ2v) is 7.69. The molecule has 0 saturated carbocycles. The van der Waals surface area contributed by atoms with Crippen molar-refractivity contribution in [1.29, 1.82) is 0 Å². The number of aryl methyl sites for hydroxylation is 1. The molecule has 0 bridgehead atoms. The molecule has 102 valence electrons. The molecule has 0 spiro atoms. The zero-order chi connectivity index (χ0) is 13.2. The summed E-state index contributed by atoms with van der Waals surface area (Å²) in [6.45, 7) is 13.5. The smallest absolute Gasteiger partial charge is 0.0897 e. The van der Waals surface area contributed by atoms with Crippen LogP contribution in [0.15, 0.2) is 6.20 Å². The summed E-state index contributed by atoms with van der Waals surface area (Å²) in [5, 5.41) is 4.79. The minimum atomic E-state index is 0.238. The van der Waals surface area contributed by atoms with Crippen molar-refractivity contribution in [1.82, 2.24) is 15.2 Å². The van der Waals surface area contributed by atoms with Gasteiger partial charge in [0.2, 0.25) is 0 Å². The maximum Gasteiger partial charge on any atom is 0.0897 e. The highest BCUT2D eigenvalue weighted by molar-refractivity contribution is 7.11. The summed E-state index contributed by atoms with van der Waals surface area (Å²) in [6.07, 6.45) is 3.35. The van der Waals surface area contributed by atoms with Crippen LogP contribution in [0.5, 0.6) is 0 Å². The SMILES string of the molecule is Cc1ncc(CN2CCC(CNC(C)(C)C)C2)s1. The van der Waals surface area contributed by atoms with Crippen LogP contribution >= 0.6 is 11.3 Å². The predicted molar refractivity (Wildman–Crippen MR) is 78.0 cm³/mol. The molecule has 1 aromatic rings. The summed E-state index contributed by atoms with van der Waals surface area (Å²) in [4.78, 5) is 8.28. The Morgan fingerprint density at radius 3 is 2.89 bits per heavy atom. The topological polar surface area (TPSA) is 28.2 Å². The van der Waals surface area contributed by atoms with Crippen LogP contribution in [0.1, 0.15) is 37.1 Å². The van der Waals surface area contributed by atoms with Crippen LogP contribution in [0, 0.1) is 12.8 Å². The Labute approximate surface area is 115 Å². The summed E-state index contributed by atoms with van der Waals surface area (Å²) in [5.41, 5.74) is 0.238. The summed E-state index contributed by atoms with van der Waals surface area (Å²) in [7, 11) is 0. The third kappa shape index (κ3) is 4.34. The molecule has 1 aliphatic heterocycles. The highest BCUT2D eigenvalue weighted by atomic mass is 32.1. The van der Waals surface area contributed by atoms with E-state index >= 15 is 0 Å². The Kier molecular flexibility index (Phi) is 4.41. The number of nitrogens with one attached hydrogen (secondary N) is 1. The first kappa shape index (κ1) is 14.0. The number of likely N-dealkylation sites (tertiary alicyclic amines) is 1. The maximum atomic E-state index is 4.33. The fourth-order valence-electron chi connectivity index (χ4n) is 2.37. The molecule has 0 amide bonds. The average Bonchev–Trinajstić information content (AvgIpc) is 2.85. The van der Waals surface area contributed by atoms with E-state index in [-0.39, 0.29) is 5.54 Å². The number of thiazole rings is 1. The van der Waals surface area contributed by atoms with E-state index < -0.39 is 0 Å². The highest BCUT2D eigenvalue weighted by Gasteiger charge is 2.24. The number of nitrogens with zero attached hydrogens (tertiary/aromatic N) is 2. The van der Waals surface area contributed by atoms with Gasteiger partial charge in [0.25, 0.3) is 0 Å². The number of hydrogen-bond acceptors (Lipinski definition) is 4. The van der Waals surface area contributed by atoms with Gasteiger partial charge in [-0.25, -0.2) is 4.98 Å². The van der Waals surface area contributed by atoms with E-state index in [1.807, 2.05) is 17.5 Å². The van der Waals surface area contributed by atoms with E-state index in [4.69, 9.17) is 0 Å². The molecule has 1 fully saturated rings. The molecule has 1 unspecified atom stereocenters. The van der Waals surface area contributed by atoms with Gasteiger partial charge in [-0.15, -0.1) is 11.3 Å². The van der Waals surface area contributed by atoms with Crippen molar-refractivity contribution in [2.24, 2.45) is 5.92 Å². The zero-order valence-electron chi connectivity index (χ0n) is 12.0. The molecular weight excluding hydrogens is 242 g/mol. The normalized spacial score (nSPS) is 21.7. The fraction of sp³-hybridized carbons (Fsp3) is 0.786. The van der Waals surface area contributed by atoms with Crippen LogP contribution in [0.3, 0.4) is 0 Å². The lowest BCUT2D eigenvalue weighted by atomic mass is 10.1. The third-order valence-corrected chi connectivity index (χ3v) is 4.24. The van der Waals surface area contributed by atoms with Crippen molar-refractivity contribution in [2.45, 2.75) is 46.2 Å². The lowest BCUT2D eigenvalue weighted by Crippen LogP contribution is -2.39. The van der Waals surface area contributed by atoms with Gasteiger partial charge in [0.1, 0.15) is 0 Å². The number of rotatable bonds is 4. The van der Waals surface area contributed by atoms with Crippen LogP contribution in [0.4, 0.5) is 0 Å². The van der Waals surface area contributed by atoms with Gasteiger partial charge in [-0.05, 0) is 53.1 Å². The Hall–Kier alpha value is -0.450. The first-order valence-corrected chi connectivity index (χ1v) is 7.63. The third-order valence-electron chi connectivity index (χ3n) is 3.34. The van der Waals surface area contributed by atoms with Crippen LogP contribution in [0.25, 0.3) is 0 Å². The molecule has 0 aliphatic carbocycles. The van der Waals surface area contributed by atoms with Crippen molar-refractivity contribution in [3.8, 4) is 0 Å². The molecule has 4 heteroatoms. The van der Waals surface area contributed by atoms with E-state index in [0.717, 1.165) is 19.0 Å². The second kappa shape index (κ2) is 5.68. The minimum Gasteiger partial charge on any atom is -0.312 e. The first-order valence-electron chi connectivity index (χ1n) is 6.81. The van der Waals surface area contributed by atoms with Crippen molar-refractivity contribution in [3.05, 3.63) is 16.1 Å². The van der Waals surface area contributed by atoms with E-state index in [1.165, 1.54) is 29.4 Å². The van der Waals surface area contributed by atoms with Crippen molar-refractivity contribution in [2.75, 3.05) is 19.6 Å². The van der Waals surface area contributed by atoms with Crippen molar-refractivity contribution < 1.29 is 0 Å². The quantitative estimate of drug-likeness (QED) is 0.909. The summed E-state index contributed by atoms with van der Waals surface area (Å²) in [5.74, 6) is 0.804. The molecule has 3 nitrogen and oxygen atoms in total. The van der Waals surface area contributed by atoms with Gasteiger partial charge in [-0.1, -0.05) is 0 Å². The summed E-state index contributed by atoms with van der Waals surface area (Å²) in [6, 6.07) is 0. The van der Waals surface area contributed by atoms with Crippen LogP contribution in [0.2, 0.25) is 0 Å². The van der Waals surface area contributed by atoms with Crippen molar-refractivity contribution >= 4 is 11.3 Å². The molecule has 1 saturated heterocycles. The van der Waals surface area contributed by atoms with E-state index in [9.17, 15) is 0 Å². The van der Waals surface area contributed by atoms with Gasteiger partial charge in [0.15, 0.2) is 0 Å². The van der Waals surface area contributed by atoms with Gasteiger partial charge >= 0.3 is 0 Å². The van der Waals surface area contributed by atoms with Crippen molar-refractivity contribution in [3.63, 3.8) is 0 Å². The average molecular weight is 267 g/mol. The zero-order valence-corrected chi connectivity index (χ0v) is 12.8. The maximum absolute atomic E-state index is 4.33. The molecule has 0 aromatic carbocycles. The van der Waals surface area contributed by atoms with Gasteiger partial charge in [0.05, 0.1) is 5.01 Å². The van der Waals surface area contributed by atoms with Gasteiger partial charge < -0.3 is 5.32 Å². The Morgan fingerprint density at radius 2 is 2.28 bits per heavy atom. The largest absolute Gasteiger partial charge is 0.312 e. The van der Waals surface area contributed by atoms with Gasteiger partial charge in [-0.2, -0.15) is 0 Å². The van der Waals surface area contributed by atoms with E-state index in [0.29, 0.717) is 0 Å². The Balaban J connectivity index is 1.75. The van der Waals surface area contributed by atoms with E-state index in [1.54, 1.807) is 0 Å². The molecular formula is C14H25N3S.